The van der Waals surface area contributed by atoms with E-state index >= 15 is 0 Å². The molecule has 136 valence electrons. The van der Waals surface area contributed by atoms with Crippen LogP contribution in [0.15, 0.2) is 18.2 Å². The van der Waals surface area contributed by atoms with Gasteiger partial charge in [-0.15, -0.1) is 0 Å². The summed E-state index contributed by atoms with van der Waals surface area (Å²) in [7, 11) is -4.00. The molecule has 0 unspecified atom stereocenters. The lowest BCUT2D eigenvalue weighted by Gasteiger charge is -2.34. The topological polar surface area (TPSA) is 86.9 Å². The van der Waals surface area contributed by atoms with Crippen molar-refractivity contribution in [3.05, 3.63) is 29.3 Å². The normalized spacial score (nSPS) is 18.0. The minimum Gasteiger partial charge on any atom is -0.399 e. The van der Waals surface area contributed by atoms with E-state index in [4.69, 9.17) is 10.3 Å². The highest BCUT2D eigenvalue weighted by Gasteiger charge is 2.34. The number of benzene rings is 1. The molecule has 0 aliphatic carbocycles. The highest BCUT2D eigenvalue weighted by molar-refractivity contribution is 7.85. The van der Waals surface area contributed by atoms with Crippen molar-refractivity contribution >= 4 is 15.8 Å². The first-order valence-electron chi connectivity index (χ1n) is 7.40. The Labute approximate surface area is 138 Å². The zero-order chi connectivity index (χ0) is 18.0. The molecule has 1 aromatic rings. The Morgan fingerprint density at radius 2 is 1.71 bits per heavy atom. The van der Waals surface area contributed by atoms with E-state index in [1.807, 2.05) is 9.80 Å². The lowest BCUT2D eigenvalue weighted by atomic mass is 10.1. The molecule has 0 saturated carbocycles. The monoisotopic (exact) mass is 367 g/mol. The van der Waals surface area contributed by atoms with Crippen molar-refractivity contribution in [1.82, 2.24) is 9.80 Å². The third kappa shape index (κ3) is 5.62. The number of halogens is 3. The summed E-state index contributed by atoms with van der Waals surface area (Å²) in [4.78, 5) is 3.74. The first kappa shape index (κ1) is 19.0. The minimum absolute atomic E-state index is 0.0705. The van der Waals surface area contributed by atoms with Crippen molar-refractivity contribution in [2.75, 3.05) is 44.2 Å². The van der Waals surface area contributed by atoms with Crippen LogP contribution in [-0.2, 0) is 22.8 Å². The molecule has 1 saturated heterocycles. The van der Waals surface area contributed by atoms with E-state index in [1.165, 1.54) is 12.1 Å². The summed E-state index contributed by atoms with van der Waals surface area (Å²) in [6.45, 7) is 2.47. The summed E-state index contributed by atoms with van der Waals surface area (Å²) >= 11 is 0. The Kier molecular flexibility index (Phi) is 5.74. The second-order valence-corrected chi connectivity index (χ2v) is 7.39. The highest BCUT2D eigenvalue weighted by Crippen LogP contribution is 2.34. The number of rotatable bonds is 5. The molecule has 0 amide bonds. The van der Waals surface area contributed by atoms with Crippen molar-refractivity contribution in [1.29, 1.82) is 0 Å². The van der Waals surface area contributed by atoms with Gasteiger partial charge in [-0.05, 0) is 17.7 Å². The molecule has 1 fully saturated rings. The molecule has 1 aliphatic rings. The van der Waals surface area contributed by atoms with Crippen LogP contribution in [0.2, 0.25) is 0 Å². The first-order valence-corrected chi connectivity index (χ1v) is 9.01. The number of alkyl halides is 3. The van der Waals surface area contributed by atoms with E-state index in [0.29, 0.717) is 26.2 Å². The van der Waals surface area contributed by atoms with Crippen LogP contribution >= 0.6 is 0 Å². The molecule has 10 heteroatoms. The van der Waals surface area contributed by atoms with E-state index in [9.17, 15) is 21.6 Å². The van der Waals surface area contributed by atoms with E-state index in [2.05, 4.69) is 0 Å². The van der Waals surface area contributed by atoms with Gasteiger partial charge in [0.1, 0.15) is 0 Å². The Balaban J connectivity index is 1.95. The number of nitrogens with zero attached hydrogens (tertiary/aromatic N) is 2. The standard InChI is InChI=1S/C14H20F3N3O3S/c15-14(16,17)13-9-12(18)2-1-11(13)10-20-5-3-19(4-6-20)7-8-24(21,22)23/h1-2,9H,3-8,10,18H2,(H,21,22,23). The Morgan fingerprint density at radius 1 is 1.12 bits per heavy atom. The van der Waals surface area contributed by atoms with Crippen LogP contribution in [0.1, 0.15) is 11.1 Å². The Hall–Kier alpha value is -1.36. The molecule has 0 aromatic heterocycles. The molecule has 0 atom stereocenters. The summed E-state index contributed by atoms with van der Waals surface area (Å²) < 4.78 is 69.5. The predicted octanol–water partition coefficient (Wildman–Crippen LogP) is 1.29. The SMILES string of the molecule is Nc1ccc(CN2CCN(CCS(=O)(=O)O)CC2)c(C(F)(F)F)c1. The highest BCUT2D eigenvalue weighted by atomic mass is 32.2. The van der Waals surface area contributed by atoms with Crippen LogP contribution < -0.4 is 5.73 Å². The molecular weight excluding hydrogens is 347 g/mol. The van der Waals surface area contributed by atoms with Gasteiger partial charge in [0, 0.05) is 45.0 Å². The number of piperazine rings is 1. The Bertz CT molecular complexity index is 672. The molecule has 1 heterocycles. The molecule has 6 nitrogen and oxygen atoms in total. The maximum atomic E-state index is 13.1. The van der Waals surface area contributed by atoms with Gasteiger partial charge < -0.3 is 5.73 Å². The summed E-state index contributed by atoms with van der Waals surface area (Å²) in [5, 5.41) is 0. The van der Waals surface area contributed by atoms with Gasteiger partial charge >= 0.3 is 6.18 Å². The lowest BCUT2D eigenvalue weighted by molar-refractivity contribution is -0.138. The van der Waals surface area contributed by atoms with Crippen LogP contribution in [-0.4, -0.2) is 61.2 Å². The van der Waals surface area contributed by atoms with E-state index in [0.717, 1.165) is 6.07 Å². The van der Waals surface area contributed by atoms with E-state index in [1.54, 1.807) is 0 Å². The lowest BCUT2D eigenvalue weighted by Crippen LogP contribution is -2.47. The van der Waals surface area contributed by atoms with Gasteiger partial charge in [-0.3, -0.25) is 14.4 Å². The van der Waals surface area contributed by atoms with Crippen molar-refractivity contribution < 1.29 is 26.1 Å². The van der Waals surface area contributed by atoms with Crippen molar-refractivity contribution in [2.24, 2.45) is 0 Å². The number of anilines is 1. The molecular formula is C14H20F3N3O3S. The maximum absolute atomic E-state index is 13.1. The van der Waals surface area contributed by atoms with Gasteiger partial charge in [0.05, 0.1) is 11.3 Å². The molecule has 1 aromatic carbocycles. The average molecular weight is 367 g/mol. The summed E-state index contributed by atoms with van der Waals surface area (Å²) in [5.41, 5.74) is 4.97. The summed E-state index contributed by atoms with van der Waals surface area (Å²) in [6.07, 6.45) is -4.46. The molecule has 1 aliphatic heterocycles. The second-order valence-electron chi connectivity index (χ2n) is 5.82. The van der Waals surface area contributed by atoms with Crippen molar-refractivity contribution in [3.8, 4) is 0 Å². The summed E-state index contributed by atoms with van der Waals surface area (Å²) in [5.74, 6) is -0.344. The largest absolute Gasteiger partial charge is 0.416 e. The quantitative estimate of drug-likeness (QED) is 0.603. The fourth-order valence-electron chi connectivity index (χ4n) is 2.65. The third-order valence-corrected chi connectivity index (χ3v) is 4.66. The number of hydrogen-bond donors (Lipinski definition) is 2. The molecule has 0 radical (unpaired) electrons. The fraction of sp³-hybridized carbons (Fsp3) is 0.571. The molecule has 2 rings (SSSR count). The number of nitrogen functional groups attached to an aromatic ring is 1. The first-order chi connectivity index (χ1) is 11.0. The van der Waals surface area contributed by atoms with Crippen LogP contribution in [0.4, 0.5) is 18.9 Å². The van der Waals surface area contributed by atoms with Gasteiger partial charge in [-0.25, -0.2) is 0 Å². The molecule has 3 N–H and O–H groups in total. The van der Waals surface area contributed by atoms with E-state index in [-0.39, 0.29) is 30.1 Å². The smallest absolute Gasteiger partial charge is 0.399 e. The molecule has 0 spiro atoms. The van der Waals surface area contributed by atoms with Gasteiger partial charge in [-0.1, -0.05) is 6.07 Å². The zero-order valence-electron chi connectivity index (χ0n) is 13.0. The maximum Gasteiger partial charge on any atom is 0.416 e. The van der Waals surface area contributed by atoms with Crippen molar-refractivity contribution in [2.45, 2.75) is 12.7 Å². The summed E-state index contributed by atoms with van der Waals surface area (Å²) in [6, 6.07) is 3.79. The zero-order valence-corrected chi connectivity index (χ0v) is 13.8. The van der Waals surface area contributed by atoms with Crippen LogP contribution in [0.3, 0.4) is 0 Å². The second kappa shape index (κ2) is 7.26. The fourth-order valence-corrected chi connectivity index (χ4v) is 3.14. The van der Waals surface area contributed by atoms with Crippen LogP contribution in [0.25, 0.3) is 0 Å². The van der Waals surface area contributed by atoms with Crippen molar-refractivity contribution in [3.63, 3.8) is 0 Å². The van der Waals surface area contributed by atoms with Gasteiger partial charge in [0.25, 0.3) is 10.1 Å². The predicted molar refractivity (Wildman–Crippen MR) is 84.0 cm³/mol. The average Bonchev–Trinajstić information content (AvgIpc) is 2.46. The van der Waals surface area contributed by atoms with E-state index < -0.39 is 21.9 Å². The van der Waals surface area contributed by atoms with Gasteiger partial charge in [0.15, 0.2) is 0 Å². The molecule has 24 heavy (non-hydrogen) atoms. The van der Waals surface area contributed by atoms with Crippen LogP contribution in [0, 0.1) is 0 Å². The number of hydrogen-bond acceptors (Lipinski definition) is 5. The minimum atomic E-state index is -4.46. The van der Waals surface area contributed by atoms with Gasteiger partial charge in [-0.2, -0.15) is 21.6 Å². The van der Waals surface area contributed by atoms with Crippen LogP contribution in [0.5, 0.6) is 0 Å². The van der Waals surface area contributed by atoms with Gasteiger partial charge in [0.2, 0.25) is 0 Å². The third-order valence-electron chi connectivity index (χ3n) is 3.96. The number of nitrogens with two attached hydrogens (primary N) is 1. The Morgan fingerprint density at radius 3 is 2.25 bits per heavy atom. The molecule has 0 bridgehead atoms.